The SMILES string of the molecule is NNC(=O)c1ccc(-c2nc(-c3ccccc3)oc2Sc2ccc(Cl)cc2)cc1. The number of hydrazine groups is 1. The second-order valence-electron chi connectivity index (χ2n) is 6.13. The smallest absolute Gasteiger partial charge is 0.265 e. The van der Waals surface area contributed by atoms with E-state index in [1.165, 1.54) is 11.8 Å². The number of carbonyl (C=O) groups excluding carboxylic acids is 1. The molecule has 0 unspecified atom stereocenters. The Morgan fingerprint density at radius 1 is 0.931 bits per heavy atom. The van der Waals surface area contributed by atoms with Gasteiger partial charge in [-0.15, -0.1) is 0 Å². The number of oxazole rings is 1. The molecule has 1 heterocycles. The van der Waals surface area contributed by atoms with Crippen LogP contribution in [-0.4, -0.2) is 10.9 Å². The third-order valence-electron chi connectivity index (χ3n) is 4.19. The first-order valence-electron chi connectivity index (χ1n) is 8.75. The molecule has 0 atom stereocenters. The molecule has 0 saturated heterocycles. The Labute approximate surface area is 176 Å². The largest absolute Gasteiger partial charge is 0.429 e. The van der Waals surface area contributed by atoms with Gasteiger partial charge in [-0.05, 0) is 60.3 Å². The van der Waals surface area contributed by atoms with Gasteiger partial charge in [-0.25, -0.2) is 10.8 Å². The molecule has 1 amide bonds. The molecule has 0 radical (unpaired) electrons. The van der Waals surface area contributed by atoms with E-state index in [4.69, 9.17) is 26.8 Å². The lowest BCUT2D eigenvalue weighted by Gasteiger charge is -2.03. The zero-order chi connectivity index (χ0) is 20.2. The molecule has 7 heteroatoms. The molecule has 0 aliphatic rings. The topological polar surface area (TPSA) is 81.1 Å². The lowest BCUT2D eigenvalue weighted by atomic mass is 10.1. The van der Waals surface area contributed by atoms with Crippen LogP contribution in [0.15, 0.2) is 93.3 Å². The summed E-state index contributed by atoms with van der Waals surface area (Å²) in [6.07, 6.45) is 0. The van der Waals surface area contributed by atoms with Crippen molar-refractivity contribution in [2.75, 3.05) is 0 Å². The van der Waals surface area contributed by atoms with Crippen LogP contribution >= 0.6 is 23.4 Å². The summed E-state index contributed by atoms with van der Waals surface area (Å²) in [5.74, 6) is 5.38. The summed E-state index contributed by atoms with van der Waals surface area (Å²) >= 11 is 7.45. The van der Waals surface area contributed by atoms with Crippen LogP contribution in [0.25, 0.3) is 22.7 Å². The van der Waals surface area contributed by atoms with Crippen LogP contribution < -0.4 is 11.3 Å². The molecule has 1 aromatic heterocycles. The van der Waals surface area contributed by atoms with Crippen molar-refractivity contribution in [3.63, 3.8) is 0 Å². The van der Waals surface area contributed by atoms with E-state index in [0.717, 1.165) is 16.0 Å². The number of hydrogen-bond donors (Lipinski definition) is 2. The van der Waals surface area contributed by atoms with Crippen molar-refractivity contribution in [3.05, 3.63) is 89.4 Å². The normalized spacial score (nSPS) is 10.7. The van der Waals surface area contributed by atoms with Crippen LogP contribution in [-0.2, 0) is 0 Å². The number of rotatable bonds is 5. The van der Waals surface area contributed by atoms with Crippen molar-refractivity contribution in [2.45, 2.75) is 9.99 Å². The van der Waals surface area contributed by atoms with Crippen LogP contribution in [0.4, 0.5) is 0 Å². The summed E-state index contributed by atoms with van der Waals surface area (Å²) in [7, 11) is 0. The zero-order valence-electron chi connectivity index (χ0n) is 15.1. The maximum atomic E-state index is 11.7. The van der Waals surface area contributed by atoms with E-state index in [1.807, 2.05) is 66.7 Å². The van der Waals surface area contributed by atoms with Gasteiger partial charge >= 0.3 is 0 Å². The average molecular weight is 422 g/mol. The first-order chi connectivity index (χ1) is 14.1. The number of benzene rings is 3. The Morgan fingerprint density at radius 3 is 2.28 bits per heavy atom. The highest BCUT2D eigenvalue weighted by Gasteiger charge is 2.18. The van der Waals surface area contributed by atoms with Gasteiger partial charge in [-0.1, -0.05) is 41.9 Å². The van der Waals surface area contributed by atoms with E-state index in [9.17, 15) is 4.79 Å². The Balaban J connectivity index is 1.75. The number of carbonyl (C=O) groups is 1. The average Bonchev–Trinajstić information content (AvgIpc) is 3.19. The lowest BCUT2D eigenvalue weighted by molar-refractivity contribution is 0.0953. The molecule has 4 aromatic rings. The molecule has 3 aromatic carbocycles. The van der Waals surface area contributed by atoms with Crippen molar-refractivity contribution < 1.29 is 9.21 Å². The molecular weight excluding hydrogens is 406 g/mol. The van der Waals surface area contributed by atoms with Gasteiger partial charge in [0.1, 0.15) is 5.69 Å². The van der Waals surface area contributed by atoms with Crippen LogP contribution in [0.3, 0.4) is 0 Å². The van der Waals surface area contributed by atoms with Crippen molar-refractivity contribution in [3.8, 4) is 22.7 Å². The third-order valence-corrected chi connectivity index (χ3v) is 5.41. The molecular formula is C22H16ClN3O2S. The minimum absolute atomic E-state index is 0.350. The second kappa shape index (κ2) is 8.53. The van der Waals surface area contributed by atoms with Gasteiger partial charge in [0.05, 0.1) is 0 Å². The summed E-state index contributed by atoms with van der Waals surface area (Å²) in [4.78, 5) is 17.4. The van der Waals surface area contributed by atoms with E-state index in [1.54, 1.807) is 12.1 Å². The molecule has 0 bridgehead atoms. The zero-order valence-corrected chi connectivity index (χ0v) is 16.7. The number of halogens is 1. The van der Waals surface area contributed by atoms with Gasteiger partial charge in [-0.3, -0.25) is 10.2 Å². The van der Waals surface area contributed by atoms with Gasteiger partial charge < -0.3 is 4.42 Å². The van der Waals surface area contributed by atoms with Crippen LogP contribution in [0.2, 0.25) is 5.02 Å². The summed E-state index contributed by atoms with van der Waals surface area (Å²) in [5.41, 5.74) is 5.01. The number of nitrogens with zero attached hydrogens (tertiary/aromatic N) is 1. The van der Waals surface area contributed by atoms with E-state index in [-0.39, 0.29) is 5.91 Å². The van der Waals surface area contributed by atoms with Crippen LogP contribution in [0.1, 0.15) is 10.4 Å². The fourth-order valence-corrected chi connectivity index (χ4v) is 3.73. The number of nitrogens with two attached hydrogens (primary N) is 1. The predicted molar refractivity (Wildman–Crippen MR) is 115 cm³/mol. The van der Waals surface area contributed by atoms with E-state index >= 15 is 0 Å². The summed E-state index contributed by atoms with van der Waals surface area (Å²) in [5, 5.41) is 1.33. The molecule has 0 fully saturated rings. The fraction of sp³-hybridized carbons (Fsp3) is 0. The quantitative estimate of drug-likeness (QED) is 0.255. The first kappa shape index (κ1) is 19.3. The number of amides is 1. The number of hydrogen-bond acceptors (Lipinski definition) is 5. The van der Waals surface area contributed by atoms with Crippen LogP contribution in [0.5, 0.6) is 0 Å². The number of nitrogens with one attached hydrogen (secondary N) is 1. The summed E-state index contributed by atoms with van der Waals surface area (Å²) < 4.78 is 6.11. The molecule has 4 rings (SSSR count). The monoisotopic (exact) mass is 421 g/mol. The van der Waals surface area contributed by atoms with E-state index < -0.39 is 0 Å². The fourth-order valence-electron chi connectivity index (χ4n) is 2.73. The maximum Gasteiger partial charge on any atom is 0.265 e. The molecule has 3 N–H and O–H groups in total. The predicted octanol–water partition coefficient (Wildman–Crippen LogP) is 5.42. The molecule has 0 aliphatic heterocycles. The highest BCUT2D eigenvalue weighted by atomic mass is 35.5. The van der Waals surface area contributed by atoms with Gasteiger partial charge in [0.15, 0.2) is 5.09 Å². The van der Waals surface area contributed by atoms with Crippen molar-refractivity contribution in [1.29, 1.82) is 0 Å². The minimum atomic E-state index is -0.350. The maximum absolute atomic E-state index is 11.7. The molecule has 0 saturated carbocycles. The highest BCUT2D eigenvalue weighted by Crippen LogP contribution is 2.39. The molecule has 5 nitrogen and oxygen atoms in total. The van der Waals surface area contributed by atoms with Gasteiger partial charge in [0.25, 0.3) is 5.91 Å². The van der Waals surface area contributed by atoms with Crippen molar-refractivity contribution >= 4 is 29.3 Å². The minimum Gasteiger partial charge on any atom is -0.429 e. The van der Waals surface area contributed by atoms with Crippen molar-refractivity contribution in [1.82, 2.24) is 10.4 Å². The number of aromatic nitrogens is 1. The summed E-state index contributed by atoms with van der Waals surface area (Å²) in [6, 6.07) is 24.3. The van der Waals surface area contributed by atoms with Crippen molar-refractivity contribution in [2.24, 2.45) is 5.84 Å². The van der Waals surface area contributed by atoms with Gasteiger partial charge in [0, 0.05) is 26.6 Å². The molecule has 0 spiro atoms. The summed E-state index contributed by atoms with van der Waals surface area (Å²) in [6.45, 7) is 0. The Hall–Kier alpha value is -3.06. The number of nitrogen functional groups attached to an aromatic ring is 1. The van der Waals surface area contributed by atoms with E-state index in [0.29, 0.717) is 27.3 Å². The van der Waals surface area contributed by atoms with Crippen LogP contribution in [0, 0.1) is 0 Å². The lowest BCUT2D eigenvalue weighted by Crippen LogP contribution is -2.29. The van der Waals surface area contributed by atoms with E-state index in [2.05, 4.69) is 5.43 Å². The highest BCUT2D eigenvalue weighted by molar-refractivity contribution is 7.99. The van der Waals surface area contributed by atoms with Gasteiger partial charge in [-0.2, -0.15) is 0 Å². The third kappa shape index (κ3) is 4.35. The van der Waals surface area contributed by atoms with Gasteiger partial charge in [0.2, 0.25) is 5.89 Å². The Kier molecular flexibility index (Phi) is 5.67. The molecule has 0 aliphatic carbocycles. The Bertz CT molecular complexity index is 1130. The standard InChI is InChI=1S/C22H16ClN3O2S/c23-17-10-12-18(13-11-17)29-22-19(14-6-8-15(9-7-14)20(27)26-24)25-21(28-22)16-4-2-1-3-5-16/h1-13H,24H2,(H,26,27). The second-order valence-corrected chi connectivity index (χ2v) is 7.61. The first-order valence-corrected chi connectivity index (χ1v) is 9.94. The Morgan fingerprint density at radius 2 is 1.62 bits per heavy atom. The molecule has 144 valence electrons. The molecule has 29 heavy (non-hydrogen) atoms.